The van der Waals surface area contributed by atoms with E-state index < -0.39 is 35.3 Å². The highest BCUT2D eigenvalue weighted by Gasteiger charge is 2.34. The van der Waals surface area contributed by atoms with Crippen molar-refractivity contribution in [1.82, 2.24) is 10.6 Å². The van der Waals surface area contributed by atoms with Gasteiger partial charge in [-0.25, -0.2) is 4.79 Å². The number of nitrogens with two attached hydrogens (primary N) is 1. The molecule has 0 aliphatic rings. The molecule has 0 aromatic heterocycles. The molecule has 0 aliphatic carbocycles. The van der Waals surface area contributed by atoms with Crippen molar-refractivity contribution in [2.45, 2.75) is 57.5 Å². The molecular weight excluding hydrogens is 470 g/mol. The first-order valence-corrected chi connectivity index (χ1v) is 11.8. The zero-order valence-electron chi connectivity index (χ0n) is 20.2. The van der Waals surface area contributed by atoms with Crippen molar-refractivity contribution in [2.75, 3.05) is 6.61 Å². The molecule has 35 heavy (non-hydrogen) atoms. The number of primary amides is 1. The molecule has 2 atom stereocenters. The minimum Gasteiger partial charge on any atom is -0.464 e. The Morgan fingerprint density at radius 1 is 0.971 bits per heavy atom. The third-order valence-corrected chi connectivity index (χ3v) is 5.86. The molecular formula is C26H32ClN3O5. The van der Waals surface area contributed by atoms with E-state index >= 15 is 0 Å². The summed E-state index contributed by atoms with van der Waals surface area (Å²) in [7, 11) is 0. The number of rotatable bonds is 12. The fourth-order valence-electron chi connectivity index (χ4n) is 3.45. The number of carbonyl (C=O) groups is 4. The van der Waals surface area contributed by atoms with E-state index in [1.165, 1.54) is 0 Å². The molecule has 0 aliphatic heterocycles. The summed E-state index contributed by atoms with van der Waals surface area (Å²) in [5.41, 5.74) is 5.80. The lowest BCUT2D eigenvalue weighted by Crippen LogP contribution is -2.55. The second kappa shape index (κ2) is 12.9. The van der Waals surface area contributed by atoms with Gasteiger partial charge in [0, 0.05) is 17.9 Å². The summed E-state index contributed by atoms with van der Waals surface area (Å²) in [5.74, 6) is -2.22. The lowest BCUT2D eigenvalue weighted by Gasteiger charge is -2.28. The maximum atomic E-state index is 13.3. The minimum atomic E-state index is -1.07. The van der Waals surface area contributed by atoms with E-state index in [2.05, 4.69) is 10.6 Å². The summed E-state index contributed by atoms with van der Waals surface area (Å²) >= 11 is 5.98. The van der Waals surface area contributed by atoms with Crippen molar-refractivity contribution < 1.29 is 23.9 Å². The van der Waals surface area contributed by atoms with Crippen LogP contribution in [0.1, 0.15) is 44.7 Å². The molecule has 8 nitrogen and oxygen atoms in total. The van der Waals surface area contributed by atoms with Gasteiger partial charge in [-0.3, -0.25) is 14.4 Å². The molecule has 0 spiro atoms. The average molecular weight is 502 g/mol. The summed E-state index contributed by atoms with van der Waals surface area (Å²) in [4.78, 5) is 50.2. The number of halogens is 1. The highest BCUT2D eigenvalue weighted by Crippen LogP contribution is 2.25. The van der Waals surface area contributed by atoms with Gasteiger partial charge in [0.15, 0.2) is 0 Å². The predicted octanol–water partition coefficient (Wildman–Crippen LogP) is 2.66. The molecule has 0 saturated heterocycles. The van der Waals surface area contributed by atoms with Crippen LogP contribution >= 0.6 is 11.6 Å². The Morgan fingerprint density at radius 2 is 1.60 bits per heavy atom. The van der Waals surface area contributed by atoms with Gasteiger partial charge in [0.25, 0.3) is 0 Å². The number of hydrogen-bond donors (Lipinski definition) is 3. The number of amides is 3. The van der Waals surface area contributed by atoms with Crippen molar-refractivity contribution in [1.29, 1.82) is 0 Å². The second-order valence-electron chi connectivity index (χ2n) is 8.67. The quantitative estimate of drug-likeness (QED) is 0.385. The fourth-order valence-corrected chi connectivity index (χ4v) is 3.57. The number of nitrogens with one attached hydrogen (secondary N) is 2. The van der Waals surface area contributed by atoms with Crippen molar-refractivity contribution in [3.8, 4) is 0 Å². The average Bonchev–Trinajstić information content (AvgIpc) is 2.82. The van der Waals surface area contributed by atoms with Crippen LogP contribution in [0.25, 0.3) is 0 Å². The lowest BCUT2D eigenvalue weighted by atomic mass is 9.83. The zero-order valence-corrected chi connectivity index (χ0v) is 20.9. The van der Waals surface area contributed by atoms with Gasteiger partial charge in [-0.2, -0.15) is 0 Å². The van der Waals surface area contributed by atoms with Crippen molar-refractivity contribution in [3.63, 3.8) is 0 Å². The van der Waals surface area contributed by atoms with Crippen molar-refractivity contribution >= 4 is 35.3 Å². The Morgan fingerprint density at radius 3 is 2.17 bits per heavy atom. The summed E-state index contributed by atoms with van der Waals surface area (Å²) in [6.45, 7) is 5.25. The molecule has 188 valence electrons. The molecule has 0 fully saturated rings. The van der Waals surface area contributed by atoms with Crippen LogP contribution in [-0.2, 0) is 35.8 Å². The monoisotopic (exact) mass is 501 g/mol. The molecule has 2 aromatic carbocycles. The summed E-state index contributed by atoms with van der Waals surface area (Å²) in [6, 6.07) is 14.0. The van der Waals surface area contributed by atoms with Crippen LogP contribution in [0.2, 0.25) is 5.02 Å². The minimum absolute atomic E-state index is 0.0117. The van der Waals surface area contributed by atoms with Crippen molar-refractivity contribution in [2.24, 2.45) is 5.73 Å². The zero-order chi connectivity index (χ0) is 26.0. The first-order chi connectivity index (χ1) is 16.5. The van der Waals surface area contributed by atoms with E-state index in [1.807, 2.05) is 30.3 Å². The number of carbonyl (C=O) groups excluding carboxylic acids is 4. The van der Waals surface area contributed by atoms with Gasteiger partial charge in [0.2, 0.25) is 17.7 Å². The Hall–Kier alpha value is -3.39. The van der Waals surface area contributed by atoms with Gasteiger partial charge in [0.05, 0.1) is 12.0 Å². The molecule has 0 radical (unpaired) electrons. The standard InChI is InChI=1S/C26H32ClN3O5/c1-4-35-24(33)20(14-15-22(28)31)29-23(32)21(16-17-8-6-5-7-9-17)30-25(34)26(2,3)18-10-12-19(27)13-11-18/h5-13,20-21H,4,14-16H2,1-3H3,(H2,28,31)(H,29,32)(H,30,34)/t20-,21+/m1/s1. The second-order valence-corrected chi connectivity index (χ2v) is 9.10. The molecule has 3 amide bonds. The fraction of sp³-hybridized carbons (Fsp3) is 0.385. The Kier molecular flexibility index (Phi) is 10.3. The van der Waals surface area contributed by atoms with Crippen LogP contribution in [0.3, 0.4) is 0 Å². The number of ether oxygens (including phenoxy) is 1. The number of hydrogen-bond acceptors (Lipinski definition) is 5. The SMILES string of the molecule is CCOC(=O)[C@@H](CCC(N)=O)NC(=O)[C@H](Cc1ccccc1)NC(=O)C(C)(C)c1ccc(Cl)cc1. The third-order valence-electron chi connectivity index (χ3n) is 5.61. The van der Waals surface area contributed by atoms with Crippen LogP contribution in [0.15, 0.2) is 54.6 Å². The molecule has 0 saturated carbocycles. The molecule has 2 rings (SSSR count). The van der Waals surface area contributed by atoms with Crippen LogP contribution in [-0.4, -0.2) is 42.4 Å². The molecule has 0 unspecified atom stereocenters. The number of esters is 1. The van der Waals surface area contributed by atoms with E-state index in [4.69, 9.17) is 22.1 Å². The predicted molar refractivity (Wildman–Crippen MR) is 134 cm³/mol. The Bertz CT molecular complexity index is 1030. The largest absolute Gasteiger partial charge is 0.464 e. The highest BCUT2D eigenvalue weighted by atomic mass is 35.5. The topological polar surface area (TPSA) is 128 Å². The van der Waals surface area contributed by atoms with Gasteiger partial charge in [-0.05, 0) is 50.5 Å². The maximum absolute atomic E-state index is 13.3. The van der Waals surface area contributed by atoms with E-state index in [0.29, 0.717) is 5.02 Å². The van der Waals surface area contributed by atoms with Crippen LogP contribution in [0.4, 0.5) is 0 Å². The van der Waals surface area contributed by atoms with Gasteiger partial charge in [-0.1, -0.05) is 54.1 Å². The van der Waals surface area contributed by atoms with Gasteiger partial charge >= 0.3 is 5.97 Å². The molecule has 2 aromatic rings. The van der Waals surface area contributed by atoms with E-state index in [0.717, 1.165) is 11.1 Å². The van der Waals surface area contributed by atoms with E-state index in [-0.39, 0.29) is 31.8 Å². The van der Waals surface area contributed by atoms with Crippen LogP contribution in [0.5, 0.6) is 0 Å². The maximum Gasteiger partial charge on any atom is 0.328 e. The lowest BCUT2D eigenvalue weighted by molar-refractivity contribution is -0.148. The Balaban J connectivity index is 2.27. The van der Waals surface area contributed by atoms with Gasteiger partial charge < -0.3 is 21.1 Å². The van der Waals surface area contributed by atoms with E-state index in [1.54, 1.807) is 45.0 Å². The summed E-state index contributed by atoms with van der Waals surface area (Å²) in [5, 5.41) is 6.01. The molecule has 9 heteroatoms. The Labute approximate surface area is 210 Å². The van der Waals surface area contributed by atoms with Crippen molar-refractivity contribution in [3.05, 3.63) is 70.7 Å². The summed E-state index contributed by atoms with van der Waals surface area (Å²) in [6.07, 6.45) is 0.0751. The van der Waals surface area contributed by atoms with Crippen LogP contribution < -0.4 is 16.4 Å². The summed E-state index contributed by atoms with van der Waals surface area (Å²) < 4.78 is 5.03. The molecule has 0 heterocycles. The molecule has 0 bridgehead atoms. The van der Waals surface area contributed by atoms with E-state index in [9.17, 15) is 19.2 Å². The van der Waals surface area contributed by atoms with Crippen LogP contribution in [0, 0.1) is 0 Å². The molecule has 4 N–H and O–H groups in total. The van der Waals surface area contributed by atoms with Gasteiger partial charge in [-0.15, -0.1) is 0 Å². The first kappa shape index (κ1) is 27.9. The van der Waals surface area contributed by atoms with Gasteiger partial charge in [0.1, 0.15) is 12.1 Å². The normalized spacial score (nSPS) is 12.8. The first-order valence-electron chi connectivity index (χ1n) is 11.4. The highest BCUT2D eigenvalue weighted by molar-refractivity contribution is 6.30. The number of benzene rings is 2. The smallest absolute Gasteiger partial charge is 0.328 e. The third kappa shape index (κ3) is 8.40.